The highest BCUT2D eigenvalue weighted by atomic mass is 14.2. The van der Waals surface area contributed by atoms with Crippen LogP contribution in [0.15, 0.2) is 73.3 Å². The molecule has 142 valence electrons. The van der Waals surface area contributed by atoms with Gasteiger partial charge in [0.1, 0.15) is 0 Å². The highest BCUT2D eigenvalue weighted by Gasteiger charge is 2.18. The molecule has 0 bridgehead atoms. The van der Waals surface area contributed by atoms with Crippen LogP contribution in [0.3, 0.4) is 0 Å². The molecule has 0 atom stereocenters. The van der Waals surface area contributed by atoms with E-state index in [-0.39, 0.29) is 0 Å². The van der Waals surface area contributed by atoms with Gasteiger partial charge in [-0.05, 0) is 75.3 Å². The Balaban J connectivity index is 2.49. The van der Waals surface area contributed by atoms with Crippen molar-refractivity contribution in [2.45, 2.75) is 20.8 Å². The topological polar surface area (TPSA) is 0 Å². The summed E-state index contributed by atoms with van der Waals surface area (Å²) < 4.78 is 0. The number of rotatable bonds is 4. The summed E-state index contributed by atoms with van der Waals surface area (Å²) in [6.07, 6.45) is 15.1. The fourth-order valence-corrected chi connectivity index (χ4v) is 4.51. The molecule has 0 saturated heterocycles. The Bertz CT molecular complexity index is 1330. The van der Waals surface area contributed by atoms with Gasteiger partial charge in [-0.15, -0.1) is 0 Å². The van der Waals surface area contributed by atoms with Crippen LogP contribution in [0, 0.1) is 0 Å². The molecule has 0 heteroatoms. The Kier molecular flexibility index (Phi) is 5.18. The van der Waals surface area contributed by atoms with E-state index in [9.17, 15) is 0 Å². The van der Waals surface area contributed by atoms with E-state index in [2.05, 4.69) is 112 Å². The molecular weight excluding hydrogens is 348 g/mol. The molecule has 0 aliphatic heterocycles. The standard InChI is InChI=1S/C29H26/c1-5-13-21-20(8-4)24(14-6-2)28-26-18-11-9-16-22(26)23-17-10-12-19-27(23)29(28)25(21)15-7-3/h5-19H,4H2,1-3H3/b13-5-,14-6-,15-7-. The van der Waals surface area contributed by atoms with Crippen molar-refractivity contribution in [3.05, 3.63) is 95.6 Å². The number of hydrogen-bond acceptors (Lipinski definition) is 0. The Morgan fingerprint density at radius 2 is 0.897 bits per heavy atom. The van der Waals surface area contributed by atoms with Crippen molar-refractivity contribution >= 4 is 56.6 Å². The zero-order valence-electron chi connectivity index (χ0n) is 17.4. The van der Waals surface area contributed by atoms with Gasteiger partial charge in [0.25, 0.3) is 0 Å². The smallest absolute Gasteiger partial charge is 0.00140 e. The molecule has 29 heavy (non-hydrogen) atoms. The van der Waals surface area contributed by atoms with E-state index in [0.29, 0.717) is 0 Å². The monoisotopic (exact) mass is 374 g/mol. The van der Waals surface area contributed by atoms with Crippen LogP contribution in [-0.4, -0.2) is 0 Å². The number of fused-ring (bicyclic) bond motifs is 6. The summed E-state index contributed by atoms with van der Waals surface area (Å²) in [4.78, 5) is 0. The quantitative estimate of drug-likeness (QED) is 0.313. The molecule has 4 rings (SSSR count). The van der Waals surface area contributed by atoms with Gasteiger partial charge in [0.05, 0.1) is 0 Å². The summed E-state index contributed by atoms with van der Waals surface area (Å²) in [5.74, 6) is 0. The molecule has 0 amide bonds. The zero-order chi connectivity index (χ0) is 20.4. The molecular formula is C29H26. The van der Waals surface area contributed by atoms with Crippen molar-refractivity contribution in [3.63, 3.8) is 0 Å². The third kappa shape index (κ3) is 2.93. The lowest BCUT2D eigenvalue weighted by molar-refractivity contribution is 1.59. The summed E-state index contributed by atoms with van der Waals surface area (Å²) in [6.45, 7) is 10.4. The summed E-state index contributed by atoms with van der Waals surface area (Å²) in [6, 6.07) is 17.5. The third-order valence-corrected chi connectivity index (χ3v) is 5.55. The molecule has 0 spiro atoms. The predicted molar refractivity (Wildman–Crippen MR) is 133 cm³/mol. The minimum Gasteiger partial charge on any atom is -0.0984 e. The first kappa shape index (κ1) is 19.0. The first-order chi connectivity index (χ1) is 14.3. The summed E-state index contributed by atoms with van der Waals surface area (Å²) in [5.41, 5.74) is 4.90. The van der Waals surface area contributed by atoms with Crippen LogP contribution in [-0.2, 0) is 0 Å². The van der Waals surface area contributed by atoms with E-state index in [4.69, 9.17) is 0 Å². The van der Waals surface area contributed by atoms with Gasteiger partial charge in [-0.2, -0.15) is 0 Å². The van der Waals surface area contributed by atoms with E-state index < -0.39 is 0 Å². The number of benzene rings is 4. The van der Waals surface area contributed by atoms with Gasteiger partial charge < -0.3 is 0 Å². The maximum atomic E-state index is 4.18. The lowest BCUT2D eigenvalue weighted by atomic mass is 9.83. The molecule has 0 aliphatic rings. The van der Waals surface area contributed by atoms with Gasteiger partial charge in [-0.25, -0.2) is 0 Å². The first-order valence-corrected chi connectivity index (χ1v) is 10.2. The van der Waals surface area contributed by atoms with Crippen LogP contribution in [0.4, 0.5) is 0 Å². The van der Waals surface area contributed by atoms with Crippen LogP contribution in [0.5, 0.6) is 0 Å². The maximum absolute atomic E-state index is 4.18. The lowest BCUT2D eigenvalue weighted by Crippen LogP contribution is -1.97. The molecule has 0 aliphatic carbocycles. The van der Waals surface area contributed by atoms with Gasteiger partial charge in [0, 0.05) is 0 Å². The molecule has 0 saturated carbocycles. The Morgan fingerprint density at radius 3 is 1.31 bits per heavy atom. The summed E-state index contributed by atoms with van der Waals surface area (Å²) >= 11 is 0. The minimum absolute atomic E-state index is 1.18. The highest BCUT2D eigenvalue weighted by Crippen LogP contribution is 2.43. The van der Waals surface area contributed by atoms with Crippen LogP contribution >= 0.6 is 0 Å². The van der Waals surface area contributed by atoms with Gasteiger partial charge in [0.2, 0.25) is 0 Å². The van der Waals surface area contributed by atoms with E-state index in [0.717, 1.165) is 0 Å². The van der Waals surface area contributed by atoms with E-state index in [1.54, 1.807) is 0 Å². The van der Waals surface area contributed by atoms with Crippen molar-refractivity contribution < 1.29 is 0 Å². The second kappa shape index (κ2) is 7.93. The first-order valence-electron chi connectivity index (χ1n) is 10.2. The van der Waals surface area contributed by atoms with Crippen LogP contribution in [0.1, 0.15) is 43.0 Å². The van der Waals surface area contributed by atoms with Gasteiger partial charge in [0.15, 0.2) is 0 Å². The second-order valence-corrected chi connectivity index (χ2v) is 7.20. The zero-order valence-corrected chi connectivity index (χ0v) is 17.4. The largest absolute Gasteiger partial charge is 0.0984 e. The van der Waals surface area contributed by atoms with Crippen molar-refractivity contribution in [2.24, 2.45) is 0 Å². The molecule has 0 aromatic heterocycles. The van der Waals surface area contributed by atoms with Crippen molar-refractivity contribution in [1.29, 1.82) is 0 Å². The van der Waals surface area contributed by atoms with Crippen LogP contribution in [0.25, 0.3) is 56.6 Å². The van der Waals surface area contributed by atoms with E-state index in [1.165, 1.54) is 54.6 Å². The number of hydrogen-bond donors (Lipinski definition) is 0. The molecule has 4 aromatic rings. The minimum atomic E-state index is 1.18. The maximum Gasteiger partial charge on any atom is -0.00140 e. The second-order valence-electron chi connectivity index (χ2n) is 7.20. The fraction of sp³-hybridized carbons (Fsp3) is 0.103. The molecule has 0 N–H and O–H groups in total. The Morgan fingerprint density at radius 1 is 0.517 bits per heavy atom. The van der Waals surface area contributed by atoms with Crippen molar-refractivity contribution in [3.8, 4) is 0 Å². The molecule has 4 aromatic carbocycles. The average Bonchev–Trinajstić information content (AvgIpc) is 2.76. The molecule has 0 radical (unpaired) electrons. The van der Waals surface area contributed by atoms with E-state index in [1.807, 2.05) is 6.08 Å². The molecule has 0 unspecified atom stereocenters. The molecule has 0 heterocycles. The summed E-state index contributed by atoms with van der Waals surface area (Å²) in [7, 11) is 0. The van der Waals surface area contributed by atoms with Crippen LogP contribution < -0.4 is 0 Å². The van der Waals surface area contributed by atoms with Crippen molar-refractivity contribution in [1.82, 2.24) is 0 Å². The SMILES string of the molecule is C=Cc1c(/C=C\C)c(/C=C\C)c2c3ccccc3c3ccccc3c2c1/C=C\C. The third-order valence-electron chi connectivity index (χ3n) is 5.55. The normalized spacial score (nSPS) is 12.4. The Hall–Kier alpha value is -3.38. The Labute approximate surface area is 173 Å². The number of allylic oxidation sites excluding steroid dienone is 3. The highest BCUT2D eigenvalue weighted by molar-refractivity contribution is 6.29. The average molecular weight is 375 g/mol. The van der Waals surface area contributed by atoms with Crippen LogP contribution in [0.2, 0.25) is 0 Å². The van der Waals surface area contributed by atoms with E-state index >= 15 is 0 Å². The van der Waals surface area contributed by atoms with Gasteiger partial charge in [-0.1, -0.05) is 97.6 Å². The lowest BCUT2D eigenvalue weighted by Gasteiger charge is -2.20. The molecule has 0 nitrogen and oxygen atoms in total. The van der Waals surface area contributed by atoms with Gasteiger partial charge >= 0.3 is 0 Å². The predicted octanol–water partition coefficient (Wildman–Crippen LogP) is 8.89. The van der Waals surface area contributed by atoms with Crippen molar-refractivity contribution in [2.75, 3.05) is 0 Å². The summed E-state index contributed by atoms with van der Waals surface area (Å²) in [5, 5.41) is 7.78. The molecule has 0 fully saturated rings. The fourth-order valence-electron chi connectivity index (χ4n) is 4.51. The van der Waals surface area contributed by atoms with Gasteiger partial charge in [-0.3, -0.25) is 0 Å².